The van der Waals surface area contributed by atoms with Crippen LogP contribution in [0.1, 0.15) is 27.7 Å². The van der Waals surface area contributed by atoms with Crippen molar-refractivity contribution in [2.75, 3.05) is 33.0 Å². The van der Waals surface area contributed by atoms with Gasteiger partial charge in [0.1, 0.15) is 0 Å². The smallest absolute Gasteiger partial charge is 0.394 e. The van der Waals surface area contributed by atoms with E-state index in [1.165, 1.54) is 0 Å². The Morgan fingerprint density at radius 3 is 0.853 bits per heavy atom. The molecular formula is C26H58O7S. The van der Waals surface area contributed by atoms with Gasteiger partial charge in [0, 0.05) is 13.2 Å². The van der Waals surface area contributed by atoms with Gasteiger partial charge in [-0.15, -0.1) is 105 Å². The Morgan fingerprint density at radius 1 is 0.618 bits per heavy atom. The van der Waals surface area contributed by atoms with Gasteiger partial charge in [-0.3, -0.25) is 4.55 Å². The lowest BCUT2D eigenvalue weighted by Gasteiger charge is -2.00. The molecule has 0 atom stereocenters. The van der Waals surface area contributed by atoms with Crippen molar-refractivity contribution in [1.29, 1.82) is 0 Å². The molecule has 0 unspecified atom stereocenters. The van der Waals surface area contributed by atoms with E-state index in [-0.39, 0.29) is 25.7 Å². The van der Waals surface area contributed by atoms with Crippen molar-refractivity contribution in [3.63, 3.8) is 0 Å². The van der Waals surface area contributed by atoms with Gasteiger partial charge < -0.3 is 14.9 Å². The summed E-state index contributed by atoms with van der Waals surface area (Å²) < 4.78 is 36.6. The van der Waals surface area contributed by atoms with Crippen LogP contribution in [0.5, 0.6) is 0 Å². The van der Waals surface area contributed by atoms with Crippen LogP contribution < -0.4 is 0 Å². The average molecular weight is 515 g/mol. The molecule has 0 radical (unpaired) electrons. The highest BCUT2D eigenvalue weighted by atomic mass is 32.3. The van der Waals surface area contributed by atoms with E-state index in [0.29, 0.717) is 0 Å². The second-order valence-electron chi connectivity index (χ2n) is 3.33. The largest absolute Gasteiger partial charge is 0.397 e. The third-order valence-electron chi connectivity index (χ3n) is 1.06. The predicted molar refractivity (Wildman–Crippen MR) is 159 cm³/mol. The van der Waals surface area contributed by atoms with Crippen LogP contribution in [0.3, 0.4) is 0 Å². The van der Waals surface area contributed by atoms with Gasteiger partial charge in [-0.2, -0.15) is 8.42 Å². The molecule has 0 aliphatic carbocycles. The summed E-state index contributed by atoms with van der Waals surface area (Å²) in [7, 11) is -4.22. The molecule has 0 aromatic carbocycles. The second kappa shape index (κ2) is 144. The van der Waals surface area contributed by atoms with Crippen LogP contribution in [0.25, 0.3) is 0 Å². The van der Waals surface area contributed by atoms with Crippen LogP contribution in [0.2, 0.25) is 0 Å². The lowest BCUT2D eigenvalue weighted by molar-refractivity contribution is 0.162. The molecule has 0 amide bonds. The van der Waals surface area contributed by atoms with Gasteiger partial charge in [-0.05, 0) is 19.8 Å². The number of hydrogen-bond acceptors (Lipinski definition) is 6. The SMILES string of the molecule is C=C.C=C.C=C.C=C.C=C.C=C.C=C.C=C.CC(C)COS(=O)(=O)O.CCOCC.OCCO. The molecule has 0 aromatic heterocycles. The van der Waals surface area contributed by atoms with E-state index >= 15 is 0 Å². The first-order valence-corrected chi connectivity index (χ1v) is 11.0. The van der Waals surface area contributed by atoms with E-state index in [4.69, 9.17) is 19.5 Å². The van der Waals surface area contributed by atoms with Crippen molar-refractivity contribution >= 4 is 10.4 Å². The first-order chi connectivity index (χ1) is 16.2. The fourth-order valence-corrected chi connectivity index (χ4v) is 0.870. The molecule has 34 heavy (non-hydrogen) atoms. The zero-order valence-corrected chi connectivity index (χ0v) is 23.6. The van der Waals surface area contributed by atoms with Crippen LogP contribution in [-0.2, 0) is 19.3 Å². The lowest BCUT2D eigenvalue weighted by Crippen LogP contribution is -2.08. The third kappa shape index (κ3) is 548. The highest BCUT2D eigenvalue weighted by Crippen LogP contribution is 1.95. The molecule has 7 nitrogen and oxygen atoms in total. The number of aliphatic hydroxyl groups is 2. The van der Waals surface area contributed by atoms with Crippen LogP contribution in [0.4, 0.5) is 0 Å². The van der Waals surface area contributed by atoms with Crippen molar-refractivity contribution in [3.8, 4) is 0 Å². The molecular weight excluding hydrogens is 456 g/mol. The Bertz CT molecular complexity index is 308. The van der Waals surface area contributed by atoms with E-state index in [1.54, 1.807) is 13.8 Å². The summed E-state index contributed by atoms with van der Waals surface area (Å²) in [5.41, 5.74) is 0. The maximum Gasteiger partial charge on any atom is 0.397 e. The standard InChI is InChI=1S/C4H10O4S.C4H10O.C2H6O2.8C2H4/c1-4(2)3-8-9(5,6)7;1-3-5-4-2;3-1-2-4;8*1-2/h4H,3H2,1-2H3,(H,5,6,7);3-4H2,1-2H3;3-4H,1-2H2;8*1-2H2. The van der Waals surface area contributed by atoms with Gasteiger partial charge in [-0.25, -0.2) is 4.18 Å². The minimum absolute atomic E-state index is 0.0266. The molecule has 0 spiro atoms. The van der Waals surface area contributed by atoms with E-state index < -0.39 is 10.4 Å². The van der Waals surface area contributed by atoms with Gasteiger partial charge in [0.05, 0.1) is 19.8 Å². The molecule has 3 N–H and O–H groups in total. The molecule has 0 aromatic rings. The number of rotatable bonds is 6. The summed E-state index contributed by atoms with van der Waals surface area (Å²) in [4.78, 5) is 0. The summed E-state index contributed by atoms with van der Waals surface area (Å²) >= 11 is 0. The fraction of sp³-hybridized carbons (Fsp3) is 0.385. The Morgan fingerprint density at radius 2 is 0.824 bits per heavy atom. The lowest BCUT2D eigenvalue weighted by atomic mass is 10.2. The summed E-state index contributed by atoms with van der Waals surface area (Å²) in [5.74, 6) is 0.104. The maximum absolute atomic E-state index is 9.87. The van der Waals surface area contributed by atoms with Gasteiger partial charge in [0.2, 0.25) is 0 Å². The number of hydrogen-bond donors (Lipinski definition) is 3. The third-order valence-corrected chi connectivity index (χ3v) is 1.49. The van der Waals surface area contributed by atoms with Gasteiger partial charge >= 0.3 is 10.4 Å². The normalized spacial score (nSPS) is 6.35. The first-order valence-electron chi connectivity index (χ1n) is 9.66. The van der Waals surface area contributed by atoms with Crippen LogP contribution in [0, 0.1) is 5.92 Å². The van der Waals surface area contributed by atoms with E-state index in [9.17, 15) is 8.42 Å². The van der Waals surface area contributed by atoms with Crippen molar-refractivity contribution in [1.82, 2.24) is 0 Å². The quantitative estimate of drug-likeness (QED) is 0.261. The molecule has 0 fully saturated rings. The Hall–Kier alpha value is -2.33. The molecule has 0 heterocycles. The second-order valence-corrected chi connectivity index (χ2v) is 4.43. The topological polar surface area (TPSA) is 113 Å². The van der Waals surface area contributed by atoms with Crippen molar-refractivity contribution in [2.45, 2.75) is 27.7 Å². The number of ether oxygens (including phenoxy) is 1. The number of aliphatic hydroxyl groups excluding tert-OH is 2. The zero-order valence-electron chi connectivity index (χ0n) is 22.8. The monoisotopic (exact) mass is 514 g/mol. The minimum Gasteiger partial charge on any atom is -0.394 e. The van der Waals surface area contributed by atoms with E-state index in [2.05, 4.69) is 109 Å². The summed E-state index contributed by atoms with van der Waals surface area (Å²) in [6.45, 7) is 57.0. The van der Waals surface area contributed by atoms with Crippen LogP contribution in [0.15, 0.2) is 105 Å². The maximum atomic E-state index is 9.87. The summed E-state index contributed by atoms with van der Waals surface area (Å²) in [6.07, 6.45) is 0. The van der Waals surface area contributed by atoms with Gasteiger partial charge in [0.25, 0.3) is 0 Å². The highest BCUT2D eigenvalue weighted by Gasteiger charge is 2.04. The predicted octanol–water partition coefficient (Wildman–Crippen LogP) is 6.89. The molecule has 0 aliphatic heterocycles. The van der Waals surface area contributed by atoms with Crippen molar-refractivity contribution in [3.05, 3.63) is 105 Å². The van der Waals surface area contributed by atoms with Gasteiger partial charge in [-0.1, -0.05) is 13.8 Å². The molecule has 0 rings (SSSR count). The summed E-state index contributed by atoms with van der Waals surface area (Å²) in [5, 5.41) is 15.2. The molecule has 8 heteroatoms. The van der Waals surface area contributed by atoms with Crippen LogP contribution >= 0.6 is 0 Å². The van der Waals surface area contributed by atoms with Crippen molar-refractivity contribution in [2.24, 2.45) is 5.92 Å². The highest BCUT2D eigenvalue weighted by molar-refractivity contribution is 7.80. The minimum atomic E-state index is -4.22. The van der Waals surface area contributed by atoms with E-state index in [1.807, 2.05) is 13.8 Å². The van der Waals surface area contributed by atoms with Crippen molar-refractivity contribution < 1.29 is 32.1 Å². The average Bonchev–Trinajstić information content (AvgIpc) is 2.93. The molecule has 0 aliphatic rings. The van der Waals surface area contributed by atoms with Crippen LogP contribution in [-0.4, -0.2) is 56.2 Å². The molecule has 210 valence electrons. The Balaban J connectivity index is -0.0000000206. The molecule has 0 bridgehead atoms. The summed E-state index contributed by atoms with van der Waals surface area (Å²) in [6, 6.07) is 0. The first kappa shape index (κ1) is 69.7. The Kier molecular flexibility index (Phi) is 296. The Labute approximate surface area is 214 Å². The fourth-order valence-electron chi connectivity index (χ4n) is 0.426. The van der Waals surface area contributed by atoms with Gasteiger partial charge in [0.15, 0.2) is 0 Å². The van der Waals surface area contributed by atoms with E-state index in [0.717, 1.165) is 13.2 Å². The molecule has 0 saturated carbocycles. The molecule has 0 saturated heterocycles. The zero-order chi connectivity index (χ0) is 31.0.